The number of hydrogen-bond donors (Lipinski definition) is 1. The monoisotopic (exact) mass is 357 g/mol. The molecule has 0 radical (unpaired) electrons. The maximum Gasteiger partial charge on any atom is 0.330 e. The highest BCUT2D eigenvalue weighted by atomic mass is 32.2. The maximum atomic E-state index is 12.6. The molecule has 2 heterocycles. The fourth-order valence-electron chi connectivity index (χ4n) is 2.18. The molecule has 0 saturated carbocycles. The summed E-state index contributed by atoms with van der Waals surface area (Å²) in [7, 11) is -1.40. The molecule has 0 aromatic carbocycles. The van der Waals surface area contributed by atoms with Gasteiger partial charge in [-0.05, 0) is 17.4 Å². The van der Waals surface area contributed by atoms with E-state index >= 15 is 0 Å². The van der Waals surface area contributed by atoms with Crippen LogP contribution in [0.3, 0.4) is 0 Å². The van der Waals surface area contributed by atoms with Gasteiger partial charge in [-0.15, -0.1) is 11.3 Å². The maximum absolute atomic E-state index is 12.6. The second kappa shape index (κ2) is 6.42. The number of aromatic nitrogens is 2. The lowest BCUT2D eigenvalue weighted by molar-refractivity contribution is 0.467. The zero-order valence-corrected chi connectivity index (χ0v) is 14.9. The van der Waals surface area contributed by atoms with Crippen LogP contribution in [-0.4, -0.2) is 17.6 Å². The number of sulfonamides is 1. The molecule has 0 spiro atoms. The van der Waals surface area contributed by atoms with E-state index in [0.717, 1.165) is 20.2 Å². The first-order valence-corrected chi connectivity index (χ1v) is 9.34. The van der Waals surface area contributed by atoms with Crippen molar-refractivity contribution in [2.45, 2.75) is 24.8 Å². The molecule has 0 aliphatic rings. The molecule has 9 heteroatoms. The van der Waals surface area contributed by atoms with E-state index in [9.17, 15) is 18.0 Å². The highest BCUT2D eigenvalue weighted by Crippen LogP contribution is 2.27. The zero-order chi connectivity index (χ0) is 17.4. The lowest BCUT2D eigenvalue weighted by Crippen LogP contribution is -2.42. The van der Waals surface area contributed by atoms with E-state index in [1.54, 1.807) is 0 Å². The Labute approximate surface area is 138 Å². The fourth-order valence-corrected chi connectivity index (χ4v) is 4.73. The van der Waals surface area contributed by atoms with Crippen molar-refractivity contribution in [1.82, 2.24) is 13.9 Å². The van der Waals surface area contributed by atoms with Crippen LogP contribution in [0.4, 0.5) is 0 Å². The minimum Gasteiger partial charge on any atom is -0.302 e. The average Bonchev–Trinajstić information content (AvgIpc) is 3.00. The van der Waals surface area contributed by atoms with Crippen molar-refractivity contribution in [3.05, 3.63) is 49.4 Å². The van der Waals surface area contributed by atoms with E-state index in [1.807, 2.05) is 31.4 Å². The summed E-state index contributed by atoms with van der Waals surface area (Å²) in [6.45, 7) is 3.79. The van der Waals surface area contributed by atoms with Gasteiger partial charge in [-0.3, -0.25) is 9.36 Å². The van der Waals surface area contributed by atoms with Gasteiger partial charge in [0.1, 0.15) is 0 Å². The molecule has 0 aliphatic carbocycles. The number of aryl methyl sites for hydroxylation is 1. The summed E-state index contributed by atoms with van der Waals surface area (Å²) in [5.41, 5.74) is -1.41. The second-order valence-corrected chi connectivity index (χ2v) is 8.27. The van der Waals surface area contributed by atoms with Crippen molar-refractivity contribution in [2.75, 3.05) is 0 Å². The summed E-state index contributed by atoms with van der Waals surface area (Å²) >= 11 is 1.44. The molecule has 0 aliphatic heterocycles. The summed E-state index contributed by atoms with van der Waals surface area (Å²) < 4.78 is 29.7. The van der Waals surface area contributed by atoms with Crippen LogP contribution in [0, 0.1) is 5.92 Å². The summed E-state index contributed by atoms with van der Waals surface area (Å²) in [5, 5.41) is 1.87. The van der Waals surface area contributed by atoms with Crippen molar-refractivity contribution in [2.24, 2.45) is 20.0 Å². The molecular formula is C14H19N3O4S2. The topological polar surface area (TPSA) is 90.2 Å². The van der Waals surface area contributed by atoms with E-state index in [2.05, 4.69) is 4.72 Å². The molecule has 7 nitrogen and oxygen atoms in total. The molecule has 0 saturated heterocycles. The van der Waals surface area contributed by atoms with Crippen LogP contribution >= 0.6 is 11.3 Å². The number of thiophene rings is 1. The zero-order valence-electron chi connectivity index (χ0n) is 13.3. The highest BCUT2D eigenvalue weighted by molar-refractivity contribution is 7.89. The van der Waals surface area contributed by atoms with Crippen molar-refractivity contribution in [3.63, 3.8) is 0 Å². The van der Waals surface area contributed by atoms with Gasteiger partial charge in [-0.1, -0.05) is 19.9 Å². The predicted octanol–water partition coefficient (Wildman–Crippen LogP) is 0.821. The van der Waals surface area contributed by atoms with Gasteiger partial charge in [0, 0.05) is 25.2 Å². The third kappa shape index (κ3) is 3.46. The Kier molecular flexibility index (Phi) is 4.92. The van der Waals surface area contributed by atoms with Gasteiger partial charge in [-0.25, -0.2) is 17.9 Å². The first kappa shape index (κ1) is 17.6. The van der Waals surface area contributed by atoms with Gasteiger partial charge in [0.25, 0.3) is 5.56 Å². The Hall–Kier alpha value is -1.71. The van der Waals surface area contributed by atoms with E-state index in [-0.39, 0.29) is 5.92 Å². The SMILES string of the molecule is CC(C)[C@H](NS(=O)(=O)c1cn(C)c(=O)n(C)c1=O)c1cccs1. The lowest BCUT2D eigenvalue weighted by Gasteiger charge is -2.21. The molecule has 0 unspecified atom stereocenters. The Morgan fingerprint density at radius 2 is 1.87 bits per heavy atom. The van der Waals surface area contributed by atoms with Crippen LogP contribution in [0.1, 0.15) is 24.8 Å². The normalized spacial score (nSPS) is 13.4. The molecule has 1 atom stereocenters. The van der Waals surface area contributed by atoms with Crippen LogP contribution < -0.4 is 16.0 Å². The number of hydrogen-bond acceptors (Lipinski definition) is 5. The van der Waals surface area contributed by atoms with Crippen LogP contribution in [0.25, 0.3) is 0 Å². The molecule has 126 valence electrons. The van der Waals surface area contributed by atoms with Crippen molar-refractivity contribution >= 4 is 21.4 Å². The van der Waals surface area contributed by atoms with E-state index in [0.29, 0.717) is 0 Å². The first-order valence-electron chi connectivity index (χ1n) is 6.97. The quantitative estimate of drug-likeness (QED) is 0.858. The van der Waals surface area contributed by atoms with Gasteiger partial charge in [0.05, 0.1) is 6.04 Å². The molecule has 2 aromatic heterocycles. The summed E-state index contributed by atoms with van der Waals surface area (Å²) in [6, 6.07) is 3.24. The second-order valence-electron chi connectivity index (χ2n) is 5.61. The Morgan fingerprint density at radius 1 is 1.22 bits per heavy atom. The first-order chi connectivity index (χ1) is 10.6. The Bertz CT molecular complexity index is 908. The number of nitrogens with one attached hydrogen (secondary N) is 1. The largest absolute Gasteiger partial charge is 0.330 e. The standard InChI is InChI=1S/C14H19N3O4S2/c1-9(2)12(10-6-5-7-22-10)15-23(20,21)11-8-16(3)14(19)17(4)13(11)18/h5-9,12,15H,1-4H3/t12-/m0/s1. The van der Waals surface area contributed by atoms with Crippen LogP contribution in [0.15, 0.2) is 38.2 Å². The third-order valence-corrected chi connectivity index (χ3v) is 5.88. The van der Waals surface area contributed by atoms with Gasteiger partial charge in [0.15, 0.2) is 4.90 Å². The number of rotatable bonds is 5. The minimum atomic E-state index is -4.06. The van der Waals surface area contributed by atoms with Gasteiger partial charge < -0.3 is 4.57 Å². The number of nitrogens with zero attached hydrogens (tertiary/aromatic N) is 2. The predicted molar refractivity (Wildman–Crippen MR) is 89.1 cm³/mol. The van der Waals surface area contributed by atoms with Crippen molar-refractivity contribution in [1.29, 1.82) is 0 Å². The molecule has 2 aromatic rings. The molecule has 0 bridgehead atoms. The molecule has 2 rings (SSSR count). The summed E-state index contributed by atoms with van der Waals surface area (Å²) in [4.78, 5) is 24.3. The average molecular weight is 357 g/mol. The van der Waals surface area contributed by atoms with E-state index in [4.69, 9.17) is 0 Å². The van der Waals surface area contributed by atoms with Crippen molar-refractivity contribution in [3.8, 4) is 0 Å². The third-order valence-electron chi connectivity index (χ3n) is 3.50. The van der Waals surface area contributed by atoms with Gasteiger partial charge in [-0.2, -0.15) is 0 Å². The Balaban J connectivity index is 2.51. The molecule has 0 fully saturated rings. The van der Waals surface area contributed by atoms with Crippen molar-refractivity contribution < 1.29 is 8.42 Å². The molecule has 1 N–H and O–H groups in total. The highest BCUT2D eigenvalue weighted by Gasteiger charge is 2.27. The van der Waals surface area contributed by atoms with E-state index < -0.39 is 32.2 Å². The summed E-state index contributed by atoms with van der Waals surface area (Å²) in [6.07, 6.45) is 1.05. The molecule has 0 amide bonds. The molecule has 23 heavy (non-hydrogen) atoms. The van der Waals surface area contributed by atoms with Gasteiger partial charge in [0.2, 0.25) is 10.0 Å². The van der Waals surface area contributed by atoms with E-state index in [1.165, 1.54) is 25.4 Å². The van der Waals surface area contributed by atoms with Gasteiger partial charge >= 0.3 is 5.69 Å². The van der Waals surface area contributed by atoms with Crippen LogP contribution in [0.5, 0.6) is 0 Å². The smallest absolute Gasteiger partial charge is 0.302 e. The molecular weight excluding hydrogens is 338 g/mol. The minimum absolute atomic E-state index is 0.000177. The summed E-state index contributed by atoms with van der Waals surface area (Å²) in [5.74, 6) is -0.000177. The van der Waals surface area contributed by atoms with Crippen LogP contribution in [0.2, 0.25) is 0 Å². The fraction of sp³-hybridized carbons (Fsp3) is 0.429. The Morgan fingerprint density at radius 3 is 2.39 bits per heavy atom. The lowest BCUT2D eigenvalue weighted by atomic mass is 10.0. The van der Waals surface area contributed by atoms with Crippen LogP contribution in [-0.2, 0) is 24.1 Å².